The fraction of sp³-hybridized carbons (Fsp3) is 0.412. The van der Waals surface area contributed by atoms with Crippen LogP contribution in [-0.2, 0) is 25.4 Å². The van der Waals surface area contributed by atoms with Crippen molar-refractivity contribution in [2.75, 3.05) is 6.61 Å². The molecule has 138 valence electrons. The molecule has 9 heteroatoms. The molecule has 0 saturated carbocycles. The Morgan fingerprint density at radius 1 is 1.27 bits per heavy atom. The SMILES string of the molecule is Cc1cc(C(=O)OCCCn2c(=O)c3c(ncn3C)n(C)c2=O)c(C)o1. The van der Waals surface area contributed by atoms with Gasteiger partial charge in [0, 0.05) is 20.6 Å². The number of carbonyl (C=O) groups excluding carboxylic acids is 1. The molecule has 0 bridgehead atoms. The van der Waals surface area contributed by atoms with Crippen LogP contribution in [0.4, 0.5) is 0 Å². The first-order valence-corrected chi connectivity index (χ1v) is 8.16. The highest BCUT2D eigenvalue weighted by Crippen LogP contribution is 2.14. The second-order valence-electron chi connectivity index (χ2n) is 6.14. The van der Waals surface area contributed by atoms with Crippen LogP contribution in [0.5, 0.6) is 0 Å². The number of rotatable bonds is 5. The number of imidazole rings is 1. The van der Waals surface area contributed by atoms with Gasteiger partial charge in [-0.25, -0.2) is 14.6 Å². The summed E-state index contributed by atoms with van der Waals surface area (Å²) >= 11 is 0. The maximum absolute atomic E-state index is 12.5. The number of hydrogen-bond acceptors (Lipinski definition) is 6. The van der Waals surface area contributed by atoms with Crippen LogP contribution in [0.3, 0.4) is 0 Å². The molecule has 0 saturated heterocycles. The smallest absolute Gasteiger partial charge is 0.341 e. The molecule has 0 radical (unpaired) electrons. The van der Waals surface area contributed by atoms with E-state index in [0.29, 0.717) is 34.7 Å². The summed E-state index contributed by atoms with van der Waals surface area (Å²) in [5.41, 5.74) is 0.223. The van der Waals surface area contributed by atoms with Crippen LogP contribution in [0.15, 0.2) is 26.4 Å². The third kappa shape index (κ3) is 2.96. The monoisotopic (exact) mass is 360 g/mol. The maximum Gasteiger partial charge on any atom is 0.341 e. The lowest BCUT2D eigenvalue weighted by Gasteiger charge is -2.09. The van der Waals surface area contributed by atoms with E-state index in [1.165, 1.54) is 10.9 Å². The number of aromatic nitrogens is 4. The minimum absolute atomic E-state index is 0.0848. The van der Waals surface area contributed by atoms with Crippen LogP contribution in [0, 0.1) is 13.8 Å². The van der Waals surface area contributed by atoms with E-state index in [9.17, 15) is 14.4 Å². The molecular weight excluding hydrogens is 340 g/mol. The van der Waals surface area contributed by atoms with Crippen LogP contribution in [0.1, 0.15) is 28.3 Å². The van der Waals surface area contributed by atoms with Crippen LogP contribution in [0.2, 0.25) is 0 Å². The molecule has 3 aromatic heterocycles. The molecule has 0 aliphatic rings. The van der Waals surface area contributed by atoms with Crippen LogP contribution in [-0.4, -0.2) is 31.3 Å². The average molecular weight is 360 g/mol. The molecule has 9 nitrogen and oxygen atoms in total. The number of esters is 1. The van der Waals surface area contributed by atoms with Gasteiger partial charge >= 0.3 is 11.7 Å². The number of furan rings is 1. The van der Waals surface area contributed by atoms with Gasteiger partial charge in [0.1, 0.15) is 17.1 Å². The van der Waals surface area contributed by atoms with Crippen molar-refractivity contribution in [2.45, 2.75) is 26.8 Å². The molecule has 3 rings (SSSR count). The molecule has 0 atom stereocenters. The fourth-order valence-corrected chi connectivity index (χ4v) is 2.89. The molecule has 3 aromatic rings. The summed E-state index contributed by atoms with van der Waals surface area (Å²) < 4.78 is 14.6. The zero-order valence-corrected chi connectivity index (χ0v) is 15.1. The highest BCUT2D eigenvalue weighted by molar-refractivity contribution is 5.90. The lowest BCUT2D eigenvalue weighted by Crippen LogP contribution is -2.39. The number of carbonyl (C=O) groups is 1. The standard InChI is InChI=1S/C17H20N4O5/c1-10-8-12(11(2)26-10)16(23)25-7-5-6-21-15(22)13-14(18-9-19(13)3)20(4)17(21)24/h8-9H,5-7H2,1-4H3. The molecule has 0 aromatic carbocycles. The Balaban J connectivity index is 1.72. The van der Waals surface area contributed by atoms with Gasteiger partial charge in [-0.2, -0.15) is 0 Å². The summed E-state index contributed by atoms with van der Waals surface area (Å²) in [5.74, 6) is 0.648. The zero-order chi connectivity index (χ0) is 19.0. The van der Waals surface area contributed by atoms with E-state index in [2.05, 4.69) is 4.98 Å². The van der Waals surface area contributed by atoms with E-state index in [-0.39, 0.29) is 13.2 Å². The van der Waals surface area contributed by atoms with Crippen LogP contribution in [0.25, 0.3) is 11.2 Å². The molecule has 3 heterocycles. The van der Waals surface area contributed by atoms with Gasteiger partial charge in [0.05, 0.1) is 12.9 Å². The number of aryl methyl sites for hydroxylation is 4. The van der Waals surface area contributed by atoms with Crippen LogP contribution >= 0.6 is 0 Å². The molecule has 0 aliphatic heterocycles. The van der Waals surface area contributed by atoms with Crippen molar-refractivity contribution in [1.82, 2.24) is 18.7 Å². The van der Waals surface area contributed by atoms with E-state index in [1.54, 1.807) is 38.6 Å². The highest BCUT2D eigenvalue weighted by Gasteiger charge is 2.16. The van der Waals surface area contributed by atoms with Gasteiger partial charge < -0.3 is 13.7 Å². The minimum atomic E-state index is -0.485. The van der Waals surface area contributed by atoms with Crippen molar-refractivity contribution in [1.29, 1.82) is 0 Å². The second kappa shape index (κ2) is 6.66. The van der Waals surface area contributed by atoms with Gasteiger partial charge in [0.2, 0.25) is 0 Å². The Morgan fingerprint density at radius 3 is 2.65 bits per heavy atom. The Bertz CT molecular complexity index is 1100. The Kier molecular flexibility index (Phi) is 4.54. The van der Waals surface area contributed by atoms with E-state index in [1.807, 2.05) is 0 Å². The van der Waals surface area contributed by atoms with E-state index in [4.69, 9.17) is 9.15 Å². The minimum Gasteiger partial charge on any atom is -0.466 e. The van der Waals surface area contributed by atoms with Gasteiger partial charge in [-0.15, -0.1) is 0 Å². The number of ether oxygens (including phenoxy) is 1. The lowest BCUT2D eigenvalue weighted by atomic mass is 10.2. The normalized spacial score (nSPS) is 11.2. The Hall–Kier alpha value is -3.10. The summed E-state index contributed by atoms with van der Waals surface area (Å²) in [4.78, 5) is 41.0. The number of nitrogens with zero attached hydrogens (tertiary/aromatic N) is 4. The van der Waals surface area contributed by atoms with Crippen molar-refractivity contribution in [2.24, 2.45) is 14.1 Å². The summed E-state index contributed by atoms with van der Waals surface area (Å²) in [7, 11) is 3.26. The first-order chi connectivity index (χ1) is 12.3. The van der Waals surface area contributed by atoms with Crippen molar-refractivity contribution >= 4 is 17.1 Å². The first-order valence-electron chi connectivity index (χ1n) is 8.16. The van der Waals surface area contributed by atoms with Crippen molar-refractivity contribution in [3.05, 3.63) is 50.3 Å². The van der Waals surface area contributed by atoms with E-state index in [0.717, 1.165) is 4.57 Å². The van der Waals surface area contributed by atoms with Gasteiger partial charge in [0.25, 0.3) is 5.56 Å². The molecule has 0 fully saturated rings. The average Bonchev–Trinajstić information content (AvgIpc) is 3.14. The Morgan fingerprint density at radius 2 is 2.00 bits per heavy atom. The molecular formula is C17H20N4O5. The van der Waals surface area contributed by atoms with Gasteiger partial charge in [-0.1, -0.05) is 0 Å². The lowest BCUT2D eigenvalue weighted by molar-refractivity contribution is 0.0493. The quantitative estimate of drug-likeness (QED) is 0.495. The van der Waals surface area contributed by atoms with Crippen molar-refractivity contribution in [3.8, 4) is 0 Å². The maximum atomic E-state index is 12.5. The Labute approximate surface area is 148 Å². The van der Waals surface area contributed by atoms with E-state index < -0.39 is 17.2 Å². The third-order valence-corrected chi connectivity index (χ3v) is 4.22. The zero-order valence-electron chi connectivity index (χ0n) is 15.1. The fourth-order valence-electron chi connectivity index (χ4n) is 2.89. The number of fused-ring (bicyclic) bond motifs is 1. The van der Waals surface area contributed by atoms with Gasteiger partial charge in [-0.3, -0.25) is 13.9 Å². The molecule has 26 heavy (non-hydrogen) atoms. The molecule has 0 unspecified atom stereocenters. The van der Waals surface area contributed by atoms with Crippen molar-refractivity contribution < 1.29 is 13.9 Å². The summed E-state index contributed by atoms with van der Waals surface area (Å²) in [6.07, 6.45) is 1.83. The topological polar surface area (TPSA) is 101 Å². The van der Waals surface area contributed by atoms with Crippen molar-refractivity contribution in [3.63, 3.8) is 0 Å². The van der Waals surface area contributed by atoms with Crippen LogP contribution < -0.4 is 11.2 Å². The summed E-state index contributed by atoms with van der Waals surface area (Å²) in [6.45, 7) is 3.67. The van der Waals surface area contributed by atoms with Gasteiger partial charge in [0.15, 0.2) is 11.2 Å². The largest absolute Gasteiger partial charge is 0.466 e. The third-order valence-electron chi connectivity index (χ3n) is 4.22. The van der Waals surface area contributed by atoms with Gasteiger partial charge in [-0.05, 0) is 26.3 Å². The number of hydrogen-bond donors (Lipinski definition) is 0. The predicted octanol–water partition coefficient (Wildman–Crippen LogP) is 0.891. The first kappa shape index (κ1) is 17.7. The second-order valence-corrected chi connectivity index (χ2v) is 6.14. The van der Waals surface area contributed by atoms with E-state index >= 15 is 0 Å². The molecule has 0 aliphatic carbocycles. The summed E-state index contributed by atoms with van der Waals surface area (Å²) in [5, 5.41) is 0. The molecule has 0 N–H and O–H groups in total. The molecule has 0 amide bonds. The predicted molar refractivity (Wildman–Crippen MR) is 93.3 cm³/mol. The summed E-state index contributed by atoms with van der Waals surface area (Å²) in [6, 6.07) is 1.62. The highest BCUT2D eigenvalue weighted by atomic mass is 16.5. The molecule has 0 spiro atoms.